The fourth-order valence-corrected chi connectivity index (χ4v) is 6.19. The Labute approximate surface area is 278 Å². The molecule has 2 aliphatic heterocycles. The summed E-state index contributed by atoms with van der Waals surface area (Å²) in [4.78, 5) is 35.0. The third-order valence-electron chi connectivity index (χ3n) is 9.01. The van der Waals surface area contributed by atoms with Crippen LogP contribution in [0.25, 0.3) is 0 Å². The van der Waals surface area contributed by atoms with Gasteiger partial charge in [-0.2, -0.15) is 0 Å². The summed E-state index contributed by atoms with van der Waals surface area (Å²) in [6.45, 7) is 18.6. The van der Waals surface area contributed by atoms with E-state index in [0.29, 0.717) is 17.5 Å². The molecule has 9 heteroatoms. The Morgan fingerprint density at radius 2 is 1.55 bits per heavy atom. The number of urea groups is 1. The number of carbonyl (C=O) groups excluding carboxylic acids is 2. The molecule has 44 heavy (non-hydrogen) atoms. The van der Waals surface area contributed by atoms with Gasteiger partial charge in [0, 0.05) is 63.1 Å². The Kier molecular flexibility index (Phi) is 15.0. The Morgan fingerprint density at radius 3 is 2.14 bits per heavy atom. The number of rotatable bonds is 9. The molecule has 0 bridgehead atoms. The predicted molar refractivity (Wildman–Crippen MR) is 188 cm³/mol. The van der Waals surface area contributed by atoms with Crippen LogP contribution >= 0.6 is 24.8 Å². The van der Waals surface area contributed by atoms with E-state index in [2.05, 4.69) is 73.8 Å². The molecule has 1 atom stereocenters. The minimum Gasteiger partial charge on any atom is -0.325 e. The van der Waals surface area contributed by atoms with E-state index in [-0.39, 0.29) is 42.2 Å². The number of benzene rings is 2. The van der Waals surface area contributed by atoms with Gasteiger partial charge in [-0.15, -0.1) is 24.8 Å². The summed E-state index contributed by atoms with van der Waals surface area (Å²) < 4.78 is 0. The largest absolute Gasteiger partial charge is 0.325 e. The first kappa shape index (κ1) is 37.9. The normalized spacial score (nSPS) is 17.1. The number of hydrogen-bond acceptors (Lipinski definition) is 4. The van der Waals surface area contributed by atoms with E-state index < -0.39 is 0 Å². The van der Waals surface area contributed by atoms with E-state index >= 15 is 0 Å². The van der Waals surface area contributed by atoms with Crippen molar-refractivity contribution in [1.82, 2.24) is 19.6 Å². The highest BCUT2D eigenvalue weighted by atomic mass is 35.5. The SMILES string of the molecule is CCCN(CC1CCN(C(=O)N2CCN(C)CC2)CC1)C(C)Cc1cccc(NC(=O)c2ccc(C(C)(C)C)cc2)c1.Cl.Cl. The third kappa shape index (κ3) is 10.6. The van der Waals surface area contributed by atoms with Gasteiger partial charge in [0.25, 0.3) is 5.91 Å². The molecular weight excluding hydrogens is 593 g/mol. The van der Waals surface area contributed by atoms with Crippen molar-refractivity contribution in [1.29, 1.82) is 0 Å². The van der Waals surface area contributed by atoms with Gasteiger partial charge in [-0.1, -0.05) is 52.0 Å². The highest BCUT2D eigenvalue weighted by Gasteiger charge is 2.29. The van der Waals surface area contributed by atoms with Gasteiger partial charge in [-0.3, -0.25) is 4.79 Å². The zero-order valence-corrected chi connectivity index (χ0v) is 29.3. The second-order valence-corrected chi connectivity index (χ2v) is 13.5. The van der Waals surface area contributed by atoms with Crippen molar-refractivity contribution in [3.8, 4) is 0 Å². The quantitative estimate of drug-likeness (QED) is 0.325. The first-order valence-electron chi connectivity index (χ1n) is 16.0. The van der Waals surface area contributed by atoms with Crippen LogP contribution in [-0.4, -0.2) is 97.0 Å². The Bertz CT molecular complexity index is 1170. The molecule has 2 aromatic rings. The number of amides is 3. The number of hydrogen-bond donors (Lipinski definition) is 1. The van der Waals surface area contributed by atoms with E-state index in [9.17, 15) is 9.59 Å². The van der Waals surface area contributed by atoms with Crippen molar-refractivity contribution in [2.24, 2.45) is 5.92 Å². The number of nitrogens with one attached hydrogen (secondary N) is 1. The second kappa shape index (κ2) is 17.4. The third-order valence-corrected chi connectivity index (χ3v) is 9.01. The highest BCUT2D eigenvalue weighted by Crippen LogP contribution is 2.24. The Morgan fingerprint density at radius 1 is 0.932 bits per heavy atom. The molecule has 0 saturated carbocycles. The maximum atomic E-state index is 13.0. The predicted octanol–water partition coefficient (Wildman–Crippen LogP) is 6.80. The van der Waals surface area contributed by atoms with E-state index in [0.717, 1.165) is 83.7 Å². The van der Waals surface area contributed by atoms with Crippen LogP contribution in [0.4, 0.5) is 10.5 Å². The standard InChI is InChI=1S/C35H53N5O2.2ClH/c1-7-17-40(26-28-15-18-38(19-16-28)34(42)39-22-20-37(6)21-23-39)27(2)24-29-9-8-10-32(25-29)36-33(41)30-11-13-31(14-12-30)35(3,4)5;;/h8-14,25,27-28H,7,15-24,26H2,1-6H3,(H,36,41);2*1H. The fraction of sp³-hybridized carbons (Fsp3) is 0.600. The van der Waals surface area contributed by atoms with Gasteiger partial charge in [0.2, 0.25) is 0 Å². The molecule has 1 N–H and O–H groups in total. The molecule has 7 nitrogen and oxygen atoms in total. The van der Waals surface area contributed by atoms with Crippen molar-refractivity contribution in [2.45, 2.75) is 71.8 Å². The number of carbonyl (C=O) groups is 2. The van der Waals surface area contributed by atoms with Gasteiger partial charge in [0.15, 0.2) is 0 Å². The summed E-state index contributed by atoms with van der Waals surface area (Å²) in [6.07, 6.45) is 4.20. The van der Waals surface area contributed by atoms with Gasteiger partial charge in [0.05, 0.1) is 0 Å². The van der Waals surface area contributed by atoms with Crippen LogP contribution in [0, 0.1) is 5.92 Å². The average Bonchev–Trinajstić information content (AvgIpc) is 2.97. The van der Waals surface area contributed by atoms with E-state index in [1.807, 2.05) is 41.3 Å². The molecule has 0 aromatic heterocycles. The Balaban J connectivity index is 0.00000337. The summed E-state index contributed by atoms with van der Waals surface area (Å²) in [5, 5.41) is 3.10. The van der Waals surface area contributed by atoms with E-state index in [1.165, 1.54) is 11.1 Å². The summed E-state index contributed by atoms with van der Waals surface area (Å²) in [7, 11) is 2.12. The van der Waals surface area contributed by atoms with Gasteiger partial charge in [-0.05, 0) is 92.9 Å². The molecule has 0 aliphatic carbocycles. The van der Waals surface area contributed by atoms with Gasteiger partial charge in [-0.25, -0.2) is 4.79 Å². The maximum Gasteiger partial charge on any atom is 0.320 e. The van der Waals surface area contributed by atoms with Gasteiger partial charge in [0.1, 0.15) is 0 Å². The number of likely N-dealkylation sites (tertiary alicyclic amines) is 1. The van der Waals surface area contributed by atoms with Crippen LogP contribution in [0.15, 0.2) is 48.5 Å². The first-order valence-corrected chi connectivity index (χ1v) is 16.0. The monoisotopic (exact) mass is 647 g/mol. The smallest absolute Gasteiger partial charge is 0.320 e. The zero-order chi connectivity index (χ0) is 30.3. The molecule has 2 aromatic carbocycles. The van der Waals surface area contributed by atoms with Crippen molar-refractivity contribution in [3.63, 3.8) is 0 Å². The average molecular weight is 649 g/mol. The molecule has 1 unspecified atom stereocenters. The second-order valence-electron chi connectivity index (χ2n) is 13.5. The number of piperazine rings is 1. The lowest BCUT2D eigenvalue weighted by atomic mass is 9.87. The molecule has 2 aliphatic rings. The Hall–Kier alpha value is -2.32. The molecule has 0 spiro atoms. The maximum absolute atomic E-state index is 13.0. The molecule has 2 heterocycles. The minimum absolute atomic E-state index is 0. The molecule has 2 saturated heterocycles. The summed E-state index contributed by atoms with van der Waals surface area (Å²) in [5.41, 5.74) is 4.02. The van der Waals surface area contributed by atoms with Crippen LogP contribution in [0.2, 0.25) is 0 Å². The van der Waals surface area contributed by atoms with Crippen molar-refractivity contribution in [3.05, 3.63) is 65.2 Å². The zero-order valence-electron chi connectivity index (χ0n) is 27.7. The topological polar surface area (TPSA) is 59.1 Å². The summed E-state index contributed by atoms with van der Waals surface area (Å²) >= 11 is 0. The van der Waals surface area contributed by atoms with Crippen LogP contribution in [0.3, 0.4) is 0 Å². The summed E-state index contributed by atoms with van der Waals surface area (Å²) in [5.74, 6) is 0.538. The van der Waals surface area contributed by atoms with Gasteiger partial charge < -0.3 is 24.9 Å². The van der Waals surface area contributed by atoms with Crippen molar-refractivity contribution in [2.75, 3.05) is 64.7 Å². The first-order chi connectivity index (χ1) is 20.0. The van der Waals surface area contributed by atoms with E-state index in [1.54, 1.807) is 0 Å². The number of halogens is 2. The van der Waals surface area contributed by atoms with Crippen LogP contribution in [-0.2, 0) is 11.8 Å². The molecule has 246 valence electrons. The number of piperidine rings is 1. The summed E-state index contributed by atoms with van der Waals surface area (Å²) in [6, 6.07) is 16.8. The van der Waals surface area contributed by atoms with Crippen LogP contribution in [0.1, 0.15) is 75.4 Å². The van der Waals surface area contributed by atoms with Gasteiger partial charge >= 0.3 is 6.03 Å². The molecule has 3 amide bonds. The lowest BCUT2D eigenvalue weighted by Crippen LogP contribution is -2.53. The van der Waals surface area contributed by atoms with Crippen LogP contribution in [0.5, 0.6) is 0 Å². The van der Waals surface area contributed by atoms with Crippen molar-refractivity contribution >= 4 is 42.4 Å². The van der Waals surface area contributed by atoms with Crippen molar-refractivity contribution < 1.29 is 9.59 Å². The highest BCUT2D eigenvalue weighted by molar-refractivity contribution is 6.04. The van der Waals surface area contributed by atoms with E-state index in [4.69, 9.17) is 0 Å². The molecular formula is C35H55Cl2N5O2. The lowest BCUT2D eigenvalue weighted by molar-refractivity contribution is 0.0961. The molecule has 4 rings (SSSR count). The number of anilines is 1. The minimum atomic E-state index is -0.0780. The van der Waals surface area contributed by atoms with Crippen LogP contribution < -0.4 is 5.32 Å². The molecule has 0 radical (unpaired) electrons. The number of likely N-dealkylation sites (N-methyl/N-ethyl adjacent to an activating group) is 1. The fourth-order valence-electron chi connectivity index (χ4n) is 6.19. The lowest BCUT2D eigenvalue weighted by Gasteiger charge is -2.40. The molecule has 2 fully saturated rings. The number of nitrogens with zero attached hydrogens (tertiary/aromatic N) is 4.